The van der Waals surface area contributed by atoms with E-state index in [1.165, 1.54) is 6.07 Å². The summed E-state index contributed by atoms with van der Waals surface area (Å²) in [6.07, 6.45) is -0.625. The Bertz CT molecular complexity index is 617. The number of aliphatic hydroxyl groups is 1. The maximum Gasteiger partial charge on any atom is 0.126 e. The van der Waals surface area contributed by atoms with Gasteiger partial charge in [-0.05, 0) is 47.5 Å². The van der Waals surface area contributed by atoms with Crippen molar-refractivity contribution in [3.63, 3.8) is 0 Å². The van der Waals surface area contributed by atoms with Gasteiger partial charge in [-0.15, -0.1) is 0 Å². The van der Waals surface area contributed by atoms with Crippen LogP contribution in [0.1, 0.15) is 17.2 Å². The number of rotatable bonds is 4. The van der Waals surface area contributed by atoms with Crippen LogP contribution in [0.4, 0.5) is 4.39 Å². The molecule has 0 radical (unpaired) electrons. The van der Waals surface area contributed by atoms with Gasteiger partial charge >= 0.3 is 0 Å². The molecule has 0 aliphatic heterocycles. The SMILES string of the molecule is COc1ccc(Br)c(C(O)Cc2cc(Br)ccc2F)c1. The molecule has 0 fully saturated rings. The molecule has 0 spiro atoms. The number of halogens is 3. The van der Waals surface area contributed by atoms with Gasteiger partial charge in [0.1, 0.15) is 11.6 Å². The molecule has 5 heteroatoms. The Balaban J connectivity index is 2.27. The maximum atomic E-state index is 13.7. The zero-order chi connectivity index (χ0) is 14.7. The smallest absolute Gasteiger partial charge is 0.126 e. The average Bonchev–Trinajstić information content (AvgIpc) is 2.43. The van der Waals surface area contributed by atoms with E-state index in [9.17, 15) is 9.50 Å². The van der Waals surface area contributed by atoms with Crippen LogP contribution in [-0.2, 0) is 6.42 Å². The van der Waals surface area contributed by atoms with E-state index < -0.39 is 6.10 Å². The molecule has 1 N–H and O–H groups in total. The molecule has 2 aromatic rings. The molecular weight excluding hydrogens is 391 g/mol. The van der Waals surface area contributed by atoms with Gasteiger partial charge in [-0.1, -0.05) is 31.9 Å². The summed E-state index contributed by atoms with van der Waals surface area (Å²) >= 11 is 6.69. The number of methoxy groups -OCH3 is 1. The zero-order valence-electron chi connectivity index (χ0n) is 10.7. The van der Waals surface area contributed by atoms with Crippen LogP contribution in [0.3, 0.4) is 0 Å². The highest BCUT2D eigenvalue weighted by Crippen LogP contribution is 2.30. The van der Waals surface area contributed by atoms with Gasteiger partial charge in [0.2, 0.25) is 0 Å². The van der Waals surface area contributed by atoms with Crippen molar-refractivity contribution >= 4 is 31.9 Å². The Morgan fingerprint density at radius 2 is 1.95 bits per heavy atom. The Morgan fingerprint density at radius 1 is 1.20 bits per heavy atom. The molecule has 0 saturated carbocycles. The lowest BCUT2D eigenvalue weighted by Gasteiger charge is -2.15. The first-order chi connectivity index (χ1) is 9.51. The van der Waals surface area contributed by atoms with Gasteiger partial charge in [-0.2, -0.15) is 0 Å². The van der Waals surface area contributed by atoms with Gasteiger partial charge < -0.3 is 9.84 Å². The van der Waals surface area contributed by atoms with Crippen LogP contribution in [0.5, 0.6) is 5.75 Å². The predicted octanol–water partition coefficient (Wildman–Crippen LogP) is 4.64. The highest BCUT2D eigenvalue weighted by Gasteiger charge is 2.15. The lowest BCUT2D eigenvalue weighted by Crippen LogP contribution is -2.05. The van der Waals surface area contributed by atoms with Crippen molar-refractivity contribution < 1.29 is 14.2 Å². The first-order valence-corrected chi connectivity index (χ1v) is 7.55. The van der Waals surface area contributed by atoms with Gasteiger partial charge in [-0.3, -0.25) is 0 Å². The minimum atomic E-state index is -0.816. The van der Waals surface area contributed by atoms with Gasteiger partial charge in [0, 0.05) is 15.4 Å². The molecule has 20 heavy (non-hydrogen) atoms. The lowest BCUT2D eigenvalue weighted by atomic mass is 10.0. The van der Waals surface area contributed by atoms with Crippen LogP contribution in [0.2, 0.25) is 0 Å². The average molecular weight is 404 g/mol. The molecule has 1 unspecified atom stereocenters. The molecule has 0 bridgehead atoms. The quantitative estimate of drug-likeness (QED) is 0.805. The first kappa shape index (κ1) is 15.5. The van der Waals surface area contributed by atoms with Crippen LogP contribution in [0.25, 0.3) is 0 Å². The van der Waals surface area contributed by atoms with Crippen LogP contribution in [-0.4, -0.2) is 12.2 Å². The van der Waals surface area contributed by atoms with E-state index in [0.29, 0.717) is 16.9 Å². The third-order valence-electron chi connectivity index (χ3n) is 2.98. The second-order valence-corrected chi connectivity index (χ2v) is 6.11. The fourth-order valence-electron chi connectivity index (χ4n) is 1.92. The van der Waals surface area contributed by atoms with E-state index in [-0.39, 0.29) is 12.2 Å². The number of benzene rings is 2. The van der Waals surface area contributed by atoms with E-state index in [2.05, 4.69) is 31.9 Å². The van der Waals surface area contributed by atoms with Gasteiger partial charge in [0.25, 0.3) is 0 Å². The molecule has 2 aromatic carbocycles. The highest BCUT2D eigenvalue weighted by molar-refractivity contribution is 9.10. The Kier molecular flexibility index (Phi) is 5.18. The van der Waals surface area contributed by atoms with E-state index in [1.807, 2.05) is 0 Å². The summed E-state index contributed by atoms with van der Waals surface area (Å²) in [7, 11) is 1.56. The first-order valence-electron chi connectivity index (χ1n) is 5.96. The fraction of sp³-hybridized carbons (Fsp3) is 0.200. The number of aliphatic hydroxyl groups excluding tert-OH is 1. The molecule has 0 aliphatic rings. The number of hydrogen-bond donors (Lipinski definition) is 1. The molecule has 2 nitrogen and oxygen atoms in total. The van der Waals surface area contributed by atoms with Crippen molar-refractivity contribution in [3.8, 4) is 5.75 Å². The van der Waals surface area contributed by atoms with Gasteiger partial charge in [0.05, 0.1) is 13.2 Å². The summed E-state index contributed by atoms with van der Waals surface area (Å²) in [5, 5.41) is 10.3. The summed E-state index contributed by atoms with van der Waals surface area (Å²) < 4.78 is 20.4. The van der Waals surface area contributed by atoms with Crippen molar-refractivity contribution in [2.24, 2.45) is 0 Å². The zero-order valence-corrected chi connectivity index (χ0v) is 13.9. The molecule has 0 heterocycles. The lowest BCUT2D eigenvalue weighted by molar-refractivity contribution is 0.176. The summed E-state index contributed by atoms with van der Waals surface area (Å²) in [5.74, 6) is 0.322. The van der Waals surface area contributed by atoms with Gasteiger partial charge in [0.15, 0.2) is 0 Å². The number of ether oxygens (including phenoxy) is 1. The number of hydrogen-bond acceptors (Lipinski definition) is 2. The maximum absolute atomic E-state index is 13.7. The molecule has 0 amide bonds. The Labute approximate surface area is 133 Å². The van der Waals surface area contributed by atoms with Crippen molar-refractivity contribution in [1.82, 2.24) is 0 Å². The molecular formula is C15H13Br2FO2. The minimum absolute atomic E-state index is 0.192. The summed E-state index contributed by atoms with van der Waals surface area (Å²) in [5.41, 5.74) is 1.13. The molecule has 0 aliphatic carbocycles. The van der Waals surface area contributed by atoms with Crippen molar-refractivity contribution in [1.29, 1.82) is 0 Å². The summed E-state index contributed by atoms with van der Waals surface area (Å²) in [4.78, 5) is 0. The topological polar surface area (TPSA) is 29.5 Å². The predicted molar refractivity (Wildman–Crippen MR) is 83.5 cm³/mol. The normalized spacial score (nSPS) is 12.2. The molecule has 1 atom stereocenters. The van der Waals surface area contributed by atoms with E-state index in [4.69, 9.17) is 4.74 Å². The van der Waals surface area contributed by atoms with Crippen LogP contribution in [0.15, 0.2) is 45.3 Å². The van der Waals surface area contributed by atoms with Crippen molar-refractivity contribution in [2.45, 2.75) is 12.5 Å². The third kappa shape index (κ3) is 3.59. The summed E-state index contributed by atoms with van der Waals surface area (Å²) in [6, 6.07) is 10.0. The van der Waals surface area contributed by atoms with Gasteiger partial charge in [-0.25, -0.2) is 4.39 Å². The van der Waals surface area contributed by atoms with E-state index in [1.54, 1.807) is 37.4 Å². The van der Waals surface area contributed by atoms with E-state index in [0.717, 1.165) is 8.95 Å². The minimum Gasteiger partial charge on any atom is -0.497 e. The molecule has 0 saturated heterocycles. The van der Waals surface area contributed by atoms with Crippen molar-refractivity contribution in [2.75, 3.05) is 7.11 Å². The van der Waals surface area contributed by atoms with Crippen LogP contribution >= 0.6 is 31.9 Å². The highest BCUT2D eigenvalue weighted by atomic mass is 79.9. The largest absolute Gasteiger partial charge is 0.497 e. The second-order valence-electron chi connectivity index (χ2n) is 4.34. The molecule has 0 aromatic heterocycles. The van der Waals surface area contributed by atoms with Crippen LogP contribution < -0.4 is 4.74 Å². The molecule has 2 rings (SSSR count). The monoisotopic (exact) mass is 402 g/mol. The van der Waals surface area contributed by atoms with E-state index >= 15 is 0 Å². The second kappa shape index (κ2) is 6.70. The Hall–Kier alpha value is -0.910. The van der Waals surface area contributed by atoms with Crippen LogP contribution in [0, 0.1) is 5.82 Å². The summed E-state index contributed by atoms with van der Waals surface area (Å²) in [6.45, 7) is 0. The Morgan fingerprint density at radius 3 is 2.65 bits per heavy atom. The standard InChI is InChI=1S/C15H13Br2FO2/c1-20-11-3-4-13(17)12(8-11)15(19)7-9-6-10(16)2-5-14(9)18/h2-6,8,15,19H,7H2,1H3. The fourth-order valence-corrected chi connectivity index (χ4v) is 2.84. The molecule has 106 valence electrons. The third-order valence-corrected chi connectivity index (χ3v) is 4.20. The van der Waals surface area contributed by atoms with Crippen molar-refractivity contribution in [3.05, 3.63) is 62.3 Å².